The van der Waals surface area contributed by atoms with E-state index in [9.17, 15) is 14.4 Å². The van der Waals surface area contributed by atoms with Crippen molar-refractivity contribution in [3.8, 4) is 0 Å². The van der Waals surface area contributed by atoms with Crippen LogP contribution in [0.4, 0.5) is 0 Å². The van der Waals surface area contributed by atoms with Crippen molar-refractivity contribution in [2.75, 3.05) is 13.2 Å². The number of unbranched alkanes of at least 4 members (excludes halogenated alkanes) is 29. The molecular formula is C56H98O6. The van der Waals surface area contributed by atoms with Crippen LogP contribution in [0, 0.1) is 0 Å². The molecule has 0 saturated heterocycles. The van der Waals surface area contributed by atoms with E-state index in [2.05, 4.69) is 45.1 Å². The van der Waals surface area contributed by atoms with Gasteiger partial charge in [-0.15, -0.1) is 0 Å². The van der Waals surface area contributed by atoms with Crippen LogP contribution in [0.1, 0.15) is 258 Å². The first-order valence-electron chi connectivity index (χ1n) is 26.3. The van der Waals surface area contributed by atoms with Gasteiger partial charge in [0.15, 0.2) is 6.10 Å². The Balaban J connectivity index is 4.40. The summed E-state index contributed by atoms with van der Waals surface area (Å²) >= 11 is 0. The van der Waals surface area contributed by atoms with E-state index in [4.69, 9.17) is 14.2 Å². The second-order valence-electron chi connectivity index (χ2n) is 17.5. The molecule has 0 aliphatic carbocycles. The zero-order valence-corrected chi connectivity index (χ0v) is 40.9. The minimum atomic E-state index is -0.795. The van der Waals surface area contributed by atoms with Gasteiger partial charge in [-0.25, -0.2) is 0 Å². The average Bonchev–Trinajstić information content (AvgIpc) is 3.27. The number of rotatable bonds is 47. The van der Waals surface area contributed by atoms with Crippen LogP contribution < -0.4 is 0 Å². The Kier molecular flexibility index (Phi) is 48.4. The molecule has 0 amide bonds. The van der Waals surface area contributed by atoms with Crippen molar-refractivity contribution in [3.63, 3.8) is 0 Å². The standard InChI is InChI=1S/C56H98O6/c1-4-7-10-13-16-19-22-25-26-27-28-29-32-34-37-40-43-46-49-55(58)61-52-53(62-56(59)50-47-44-41-38-35-31-24-21-18-15-12-9-6-3)51-60-54(57)48-45-42-39-36-33-30-23-20-17-14-11-8-5-2/h9,12,15,18,21,24,28-29,31,35,53H,4-8,10-11,13-14,16-17,19-20,22-23,25-27,30,32-34,36-52H2,1-3H3/b12-9+,18-15+,24-21+,29-28+,35-31+. The first-order valence-corrected chi connectivity index (χ1v) is 26.3. The van der Waals surface area contributed by atoms with Crippen molar-refractivity contribution in [1.29, 1.82) is 0 Å². The molecule has 0 bridgehead atoms. The molecule has 1 atom stereocenters. The van der Waals surface area contributed by atoms with E-state index in [-0.39, 0.29) is 37.5 Å². The number of esters is 3. The summed E-state index contributed by atoms with van der Waals surface area (Å²) in [6.07, 6.45) is 62.1. The first kappa shape index (κ1) is 59.1. The van der Waals surface area contributed by atoms with E-state index >= 15 is 0 Å². The largest absolute Gasteiger partial charge is 0.462 e. The third kappa shape index (κ3) is 48.1. The van der Waals surface area contributed by atoms with Gasteiger partial charge in [0.1, 0.15) is 13.2 Å². The van der Waals surface area contributed by atoms with E-state index in [0.29, 0.717) is 12.8 Å². The number of hydrogen-bond donors (Lipinski definition) is 0. The summed E-state index contributed by atoms with van der Waals surface area (Å²) in [5, 5.41) is 0. The molecule has 6 heteroatoms. The number of hydrogen-bond acceptors (Lipinski definition) is 6. The van der Waals surface area contributed by atoms with Gasteiger partial charge in [-0.2, -0.15) is 0 Å². The highest BCUT2D eigenvalue weighted by molar-refractivity contribution is 5.71. The molecule has 0 spiro atoms. The van der Waals surface area contributed by atoms with Crippen LogP contribution in [0.2, 0.25) is 0 Å². The second-order valence-corrected chi connectivity index (χ2v) is 17.5. The summed E-state index contributed by atoms with van der Waals surface area (Å²) in [6.45, 7) is 6.47. The van der Waals surface area contributed by atoms with E-state index in [0.717, 1.165) is 77.0 Å². The fourth-order valence-corrected chi connectivity index (χ4v) is 7.39. The first-order chi connectivity index (χ1) is 30.5. The molecule has 0 radical (unpaired) electrons. The van der Waals surface area contributed by atoms with E-state index in [1.54, 1.807) is 0 Å². The minimum Gasteiger partial charge on any atom is -0.462 e. The van der Waals surface area contributed by atoms with Gasteiger partial charge < -0.3 is 14.2 Å². The maximum absolute atomic E-state index is 12.8. The highest BCUT2D eigenvalue weighted by Gasteiger charge is 2.19. The summed E-state index contributed by atoms with van der Waals surface area (Å²) < 4.78 is 16.8. The molecule has 0 aromatic heterocycles. The Morgan fingerprint density at radius 2 is 0.645 bits per heavy atom. The van der Waals surface area contributed by atoms with Gasteiger partial charge in [0.2, 0.25) is 0 Å². The molecule has 62 heavy (non-hydrogen) atoms. The van der Waals surface area contributed by atoms with Gasteiger partial charge in [0.05, 0.1) is 0 Å². The molecule has 0 rings (SSSR count). The molecule has 0 aromatic rings. The number of carbonyl (C=O) groups excluding carboxylic acids is 3. The second kappa shape index (κ2) is 50.8. The third-order valence-electron chi connectivity index (χ3n) is 11.4. The average molecular weight is 867 g/mol. The summed E-state index contributed by atoms with van der Waals surface area (Å²) in [4.78, 5) is 38.0. The quantitative estimate of drug-likeness (QED) is 0.0199. The number of ether oxygens (including phenoxy) is 3. The van der Waals surface area contributed by atoms with Crippen molar-refractivity contribution in [2.45, 2.75) is 264 Å². The molecule has 0 aromatic carbocycles. The van der Waals surface area contributed by atoms with Crippen LogP contribution in [0.5, 0.6) is 0 Å². The fourth-order valence-electron chi connectivity index (χ4n) is 7.39. The summed E-state index contributed by atoms with van der Waals surface area (Å²) in [7, 11) is 0. The summed E-state index contributed by atoms with van der Waals surface area (Å²) in [6, 6.07) is 0. The third-order valence-corrected chi connectivity index (χ3v) is 11.4. The molecule has 0 N–H and O–H groups in total. The molecule has 1 unspecified atom stereocenters. The van der Waals surface area contributed by atoms with Crippen molar-refractivity contribution in [1.82, 2.24) is 0 Å². The lowest BCUT2D eigenvalue weighted by molar-refractivity contribution is -0.167. The lowest BCUT2D eigenvalue weighted by Gasteiger charge is -2.18. The van der Waals surface area contributed by atoms with Crippen molar-refractivity contribution < 1.29 is 28.6 Å². The predicted octanol–water partition coefficient (Wildman–Crippen LogP) is 17.3. The van der Waals surface area contributed by atoms with Gasteiger partial charge in [-0.1, -0.05) is 236 Å². The molecule has 6 nitrogen and oxygen atoms in total. The molecule has 0 heterocycles. The smallest absolute Gasteiger partial charge is 0.306 e. The molecular weight excluding hydrogens is 769 g/mol. The zero-order valence-electron chi connectivity index (χ0n) is 40.9. The lowest BCUT2D eigenvalue weighted by Crippen LogP contribution is -2.30. The molecule has 0 saturated carbocycles. The molecule has 0 fully saturated rings. The number of allylic oxidation sites excluding steroid dienone is 10. The predicted molar refractivity (Wildman–Crippen MR) is 265 cm³/mol. The van der Waals surface area contributed by atoms with Crippen molar-refractivity contribution in [3.05, 3.63) is 60.8 Å². The van der Waals surface area contributed by atoms with E-state index < -0.39 is 6.10 Å². The van der Waals surface area contributed by atoms with Crippen molar-refractivity contribution >= 4 is 17.9 Å². The highest BCUT2D eigenvalue weighted by atomic mass is 16.6. The van der Waals surface area contributed by atoms with Crippen LogP contribution in [0.15, 0.2) is 60.8 Å². The molecule has 0 aliphatic rings. The SMILES string of the molecule is CC/C=C/C=C/C=C/C=C/CCCCCC(=O)OC(COC(=O)CCCCCCC/C=C/CCCCCCCCCCC)COC(=O)CCCCCCCCCCCCCCC. The van der Waals surface area contributed by atoms with Crippen molar-refractivity contribution in [2.24, 2.45) is 0 Å². The van der Waals surface area contributed by atoms with Crippen LogP contribution in [-0.4, -0.2) is 37.2 Å². The lowest BCUT2D eigenvalue weighted by atomic mass is 10.0. The zero-order chi connectivity index (χ0) is 45.1. The monoisotopic (exact) mass is 867 g/mol. The van der Waals surface area contributed by atoms with E-state index in [1.165, 1.54) is 141 Å². The van der Waals surface area contributed by atoms with Gasteiger partial charge in [-0.05, 0) is 64.2 Å². The van der Waals surface area contributed by atoms with Crippen LogP contribution in [0.25, 0.3) is 0 Å². The van der Waals surface area contributed by atoms with Gasteiger partial charge in [0, 0.05) is 19.3 Å². The maximum Gasteiger partial charge on any atom is 0.306 e. The Bertz CT molecular complexity index is 1130. The topological polar surface area (TPSA) is 78.9 Å². The molecule has 0 aliphatic heterocycles. The Hall–Kier alpha value is -2.89. The van der Waals surface area contributed by atoms with Crippen LogP contribution in [0.3, 0.4) is 0 Å². The Morgan fingerprint density at radius 3 is 1.05 bits per heavy atom. The van der Waals surface area contributed by atoms with Gasteiger partial charge in [0.25, 0.3) is 0 Å². The van der Waals surface area contributed by atoms with Crippen LogP contribution >= 0.6 is 0 Å². The summed E-state index contributed by atoms with van der Waals surface area (Å²) in [5.41, 5.74) is 0. The maximum atomic E-state index is 12.8. The van der Waals surface area contributed by atoms with Crippen LogP contribution in [-0.2, 0) is 28.6 Å². The normalized spacial score (nSPS) is 12.5. The Labute approximate surface area is 383 Å². The fraction of sp³-hybridized carbons (Fsp3) is 0.768. The van der Waals surface area contributed by atoms with Gasteiger partial charge >= 0.3 is 17.9 Å². The number of carbonyl (C=O) groups is 3. The minimum absolute atomic E-state index is 0.0909. The van der Waals surface area contributed by atoms with E-state index in [1.807, 2.05) is 36.5 Å². The Morgan fingerprint density at radius 1 is 0.339 bits per heavy atom. The molecule has 358 valence electrons. The van der Waals surface area contributed by atoms with Gasteiger partial charge in [-0.3, -0.25) is 14.4 Å². The highest BCUT2D eigenvalue weighted by Crippen LogP contribution is 2.15. The summed E-state index contributed by atoms with van der Waals surface area (Å²) in [5.74, 6) is -0.933.